The van der Waals surface area contributed by atoms with Gasteiger partial charge in [-0.25, -0.2) is 4.79 Å². The Morgan fingerprint density at radius 1 is 1.14 bits per heavy atom. The molecular formula is C24H33N5O7. The molecule has 0 aliphatic rings. The zero-order valence-electron chi connectivity index (χ0n) is 21.3. The number of nitrogens with two attached hydrogens (primary N) is 1. The van der Waals surface area contributed by atoms with Gasteiger partial charge in [-0.1, -0.05) is 18.2 Å². The van der Waals surface area contributed by atoms with Crippen molar-refractivity contribution >= 4 is 29.8 Å². The molecule has 4 amide bonds. The minimum atomic E-state index is -1.52. The number of hydrogen-bond acceptors (Lipinski definition) is 8. The van der Waals surface area contributed by atoms with Gasteiger partial charge in [-0.3, -0.25) is 19.2 Å². The molecule has 36 heavy (non-hydrogen) atoms. The standard InChI is InChI=1S/C24H33N5O7/c1-14-8-7-9-15(2)19(14)20(21(32)27-13-18(31)35-6)29(11-10-25)22(33)16(12-17(26)30)28-23(34)36-24(3,4)5/h7-9,16,20H,11-13H2,1-6H3,(H2,26,30)(H,27,32)(H,28,34). The summed E-state index contributed by atoms with van der Waals surface area (Å²) in [7, 11) is 1.15. The topological polar surface area (TPSA) is 181 Å². The van der Waals surface area contributed by atoms with Crippen LogP contribution in [0.4, 0.5) is 4.79 Å². The normalized spacial score (nSPS) is 12.4. The average Bonchev–Trinajstić information content (AvgIpc) is 2.76. The van der Waals surface area contributed by atoms with Crippen molar-refractivity contribution in [3.63, 3.8) is 0 Å². The van der Waals surface area contributed by atoms with Crippen molar-refractivity contribution in [3.05, 3.63) is 34.9 Å². The summed E-state index contributed by atoms with van der Waals surface area (Å²) >= 11 is 0. The molecule has 12 heteroatoms. The van der Waals surface area contributed by atoms with Crippen LogP contribution in [-0.2, 0) is 28.7 Å². The lowest BCUT2D eigenvalue weighted by Crippen LogP contribution is -2.54. The van der Waals surface area contributed by atoms with E-state index in [4.69, 9.17) is 10.5 Å². The third-order valence-corrected chi connectivity index (χ3v) is 4.93. The molecule has 2 atom stereocenters. The Bertz CT molecular complexity index is 1020. The van der Waals surface area contributed by atoms with Gasteiger partial charge < -0.3 is 30.7 Å². The molecule has 0 fully saturated rings. The van der Waals surface area contributed by atoms with Gasteiger partial charge in [0.25, 0.3) is 0 Å². The molecule has 0 radical (unpaired) electrons. The summed E-state index contributed by atoms with van der Waals surface area (Å²) in [5.41, 5.74) is 6.09. The number of methoxy groups -OCH3 is 1. The number of alkyl carbamates (subject to hydrolysis) is 1. The summed E-state index contributed by atoms with van der Waals surface area (Å²) < 4.78 is 9.73. The van der Waals surface area contributed by atoms with Crippen molar-refractivity contribution in [2.75, 3.05) is 20.2 Å². The molecule has 0 aliphatic heterocycles. The van der Waals surface area contributed by atoms with Gasteiger partial charge in [0.2, 0.25) is 17.7 Å². The van der Waals surface area contributed by atoms with Crippen molar-refractivity contribution in [3.8, 4) is 6.07 Å². The highest BCUT2D eigenvalue weighted by atomic mass is 16.6. The number of amides is 4. The third kappa shape index (κ3) is 8.90. The predicted molar refractivity (Wildman–Crippen MR) is 128 cm³/mol. The summed E-state index contributed by atoms with van der Waals surface area (Å²) in [5.74, 6) is -3.31. The van der Waals surface area contributed by atoms with Crippen LogP contribution in [-0.4, -0.2) is 66.5 Å². The molecule has 0 saturated carbocycles. The van der Waals surface area contributed by atoms with Gasteiger partial charge in [-0.2, -0.15) is 5.26 Å². The number of esters is 1. The molecule has 196 valence electrons. The molecule has 0 saturated heterocycles. The Morgan fingerprint density at radius 3 is 2.19 bits per heavy atom. The maximum Gasteiger partial charge on any atom is 0.408 e. The number of ether oxygens (including phenoxy) is 2. The van der Waals surface area contributed by atoms with Crippen LogP contribution in [0, 0.1) is 25.2 Å². The molecule has 1 aromatic carbocycles. The number of carbonyl (C=O) groups is 5. The fourth-order valence-electron chi connectivity index (χ4n) is 3.44. The molecule has 0 spiro atoms. The first kappa shape index (κ1) is 29.9. The zero-order chi connectivity index (χ0) is 27.6. The van der Waals surface area contributed by atoms with E-state index in [0.717, 1.165) is 12.0 Å². The molecule has 2 unspecified atom stereocenters. The summed E-state index contributed by atoms with van der Waals surface area (Å²) in [5, 5.41) is 14.2. The Hall–Kier alpha value is -4.14. The number of rotatable bonds is 10. The van der Waals surface area contributed by atoms with Gasteiger partial charge in [0.15, 0.2) is 0 Å². The van der Waals surface area contributed by atoms with Gasteiger partial charge in [0.05, 0.1) is 19.6 Å². The second-order valence-electron chi connectivity index (χ2n) is 9.00. The monoisotopic (exact) mass is 503 g/mol. The molecular weight excluding hydrogens is 470 g/mol. The van der Waals surface area contributed by atoms with Crippen LogP contribution in [0.1, 0.15) is 49.9 Å². The predicted octanol–water partition coefficient (Wildman–Crippen LogP) is 0.755. The first-order valence-corrected chi connectivity index (χ1v) is 11.1. The van der Waals surface area contributed by atoms with Gasteiger partial charge in [0.1, 0.15) is 30.8 Å². The van der Waals surface area contributed by atoms with E-state index in [9.17, 15) is 29.2 Å². The number of nitriles is 1. The molecule has 1 rings (SSSR count). The lowest BCUT2D eigenvalue weighted by molar-refractivity contribution is -0.144. The van der Waals surface area contributed by atoms with Crippen LogP contribution in [0.5, 0.6) is 0 Å². The van der Waals surface area contributed by atoms with Crippen LogP contribution in [0.25, 0.3) is 0 Å². The van der Waals surface area contributed by atoms with Gasteiger partial charge in [0, 0.05) is 0 Å². The summed E-state index contributed by atoms with van der Waals surface area (Å²) in [6.07, 6.45) is -1.60. The lowest BCUT2D eigenvalue weighted by atomic mass is 9.93. The highest BCUT2D eigenvalue weighted by molar-refractivity contribution is 5.95. The van der Waals surface area contributed by atoms with Crippen molar-refractivity contribution < 1.29 is 33.4 Å². The van der Waals surface area contributed by atoms with Crippen LogP contribution >= 0.6 is 0 Å². The number of primary amides is 1. The fraction of sp³-hybridized carbons (Fsp3) is 0.500. The Kier molecular flexibility index (Phi) is 10.9. The molecule has 12 nitrogen and oxygen atoms in total. The summed E-state index contributed by atoms with van der Waals surface area (Å²) in [6.45, 7) is 7.22. The van der Waals surface area contributed by atoms with E-state index in [-0.39, 0.29) is 0 Å². The first-order valence-electron chi connectivity index (χ1n) is 11.1. The number of hydrogen-bond donors (Lipinski definition) is 3. The molecule has 0 aromatic heterocycles. The van der Waals surface area contributed by atoms with E-state index >= 15 is 0 Å². The summed E-state index contributed by atoms with van der Waals surface area (Å²) in [6, 6.07) is 4.14. The Morgan fingerprint density at radius 2 is 1.72 bits per heavy atom. The minimum Gasteiger partial charge on any atom is -0.468 e. The zero-order valence-corrected chi connectivity index (χ0v) is 21.3. The average molecular weight is 504 g/mol. The largest absolute Gasteiger partial charge is 0.468 e. The second kappa shape index (κ2) is 13.1. The maximum atomic E-state index is 13.6. The van der Waals surface area contributed by atoms with E-state index < -0.39 is 67.0 Å². The number of benzene rings is 1. The third-order valence-electron chi connectivity index (χ3n) is 4.93. The van der Waals surface area contributed by atoms with Crippen molar-refractivity contribution in [1.82, 2.24) is 15.5 Å². The smallest absolute Gasteiger partial charge is 0.408 e. The van der Waals surface area contributed by atoms with E-state index in [2.05, 4.69) is 15.4 Å². The molecule has 0 bridgehead atoms. The second-order valence-corrected chi connectivity index (χ2v) is 9.00. The highest BCUT2D eigenvalue weighted by Gasteiger charge is 2.38. The van der Waals surface area contributed by atoms with Crippen LogP contribution in [0.3, 0.4) is 0 Å². The maximum absolute atomic E-state index is 13.6. The van der Waals surface area contributed by atoms with Crippen molar-refractivity contribution in [2.24, 2.45) is 5.73 Å². The van der Waals surface area contributed by atoms with Crippen molar-refractivity contribution in [1.29, 1.82) is 5.26 Å². The molecule has 1 aromatic rings. The number of nitrogens with one attached hydrogen (secondary N) is 2. The van der Waals surface area contributed by atoms with Gasteiger partial charge >= 0.3 is 12.1 Å². The molecule has 4 N–H and O–H groups in total. The fourth-order valence-corrected chi connectivity index (χ4v) is 3.44. The van der Waals surface area contributed by atoms with Crippen LogP contribution < -0.4 is 16.4 Å². The SMILES string of the molecule is COC(=O)CNC(=O)C(c1c(C)cccc1C)N(CC#N)C(=O)C(CC(N)=O)NC(=O)OC(C)(C)C. The Balaban J connectivity index is 3.55. The van der Waals surface area contributed by atoms with E-state index in [1.807, 2.05) is 6.07 Å². The number of carbonyl (C=O) groups excluding carboxylic acids is 5. The molecule has 0 heterocycles. The van der Waals surface area contributed by atoms with E-state index in [1.165, 1.54) is 0 Å². The summed E-state index contributed by atoms with van der Waals surface area (Å²) in [4.78, 5) is 63.6. The minimum absolute atomic E-state index is 0.415. The first-order chi connectivity index (χ1) is 16.7. The molecule has 0 aliphatic carbocycles. The van der Waals surface area contributed by atoms with Crippen molar-refractivity contribution in [2.45, 2.75) is 58.7 Å². The van der Waals surface area contributed by atoms with E-state index in [0.29, 0.717) is 16.7 Å². The highest BCUT2D eigenvalue weighted by Crippen LogP contribution is 2.28. The van der Waals surface area contributed by atoms with Gasteiger partial charge in [-0.05, 0) is 51.3 Å². The quantitative estimate of drug-likeness (QED) is 0.309. The Labute approximate surface area is 210 Å². The lowest BCUT2D eigenvalue weighted by Gasteiger charge is -2.34. The number of nitrogens with zero attached hydrogens (tertiary/aromatic N) is 2. The van der Waals surface area contributed by atoms with Crippen LogP contribution in [0.2, 0.25) is 0 Å². The van der Waals surface area contributed by atoms with Crippen LogP contribution in [0.15, 0.2) is 18.2 Å². The number of aryl methyl sites for hydroxylation is 2. The van der Waals surface area contributed by atoms with E-state index in [1.54, 1.807) is 52.8 Å². The van der Waals surface area contributed by atoms with Gasteiger partial charge in [-0.15, -0.1) is 0 Å².